The Morgan fingerprint density at radius 3 is 2.68 bits per heavy atom. The first kappa shape index (κ1) is 23.8. The summed E-state index contributed by atoms with van der Waals surface area (Å²) in [6.07, 6.45) is 3.17. The maximum absolute atomic E-state index is 15.7. The smallest absolute Gasteiger partial charge is 0.241 e. The Morgan fingerprint density at radius 2 is 2.09 bits per heavy atom. The zero-order valence-electron chi connectivity index (χ0n) is 19.3. The van der Waals surface area contributed by atoms with Gasteiger partial charge in [0.15, 0.2) is 0 Å². The Hall–Kier alpha value is -3.32. The van der Waals surface area contributed by atoms with Crippen molar-refractivity contribution in [2.45, 2.75) is 32.4 Å². The maximum Gasteiger partial charge on any atom is 0.241 e. The third-order valence-corrected chi connectivity index (χ3v) is 7.01. The Kier molecular flexibility index (Phi) is 6.16. The van der Waals surface area contributed by atoms with Crippen LogP contribution in [-0.2, 0) is 10.4 Å². The molecular formula is C25H28FN5O3. The van der Waals surface area contributed by atoms with Crippen LogP contribution in [-0.4, -0.2) is 56.7 Å². The first-order valence-electron chi connectivity index (χ1n) is 11.2. The van der Waals surface area contributed by atoms with Gasteiger partial charge in [-0.25, -0.2) is 9.37 Å². The molecule has 9 heteroatoms. The van der Waals surface area contributed by atoms with Crippen LogP contribution >= 0.6 is 0 Å². The number of piperidine rings is 1. The van der Waals surface area contributed by atoms with Gasteiger partial charge < -0.3 is 25.8 Å². The van der Waals surface area contributed by atoms with Crippen molar-refractivity contribution in [3.8, 4) is 17.2 Å². The second-order valence-corrected chi connectivity index (χ2v) is 9.21. The van der Waals surface area contributed by atoms with Crippen molar-refractivity contribution in [1.29, 1.82) is 5.26 Å². The molecule has 4 atom stereocenters. The molecule has 2 aromatic heterocycles. The van der Waals surface area contributed by atoms with E-state index < -0.39 is 41.8 Å². The van der Waals surface area contributed by atoms with E-state index in [1.54, 1.807) is 45.3 Å². The first-order chi connectivity index (χ1) is 16.1. The van der Waals surface area contributed by atoms with Gasteiger partial charge in [0.05, 0.1) is 12.2 Å². The van der Waals surface area contributed by atoms with Crippen LogP contribution in [0.3, 0.4) is 0 Å². The fourth-order valence-corrected chi connectivity index (χ4v) is 5.28. The Morgan fingerprint density at radius 1 is 1.41 bits per heavy atom. The Balaban J connectivity index is 1.76. The number of aliphatic hydroxyl groups is 2. The fourth-order valence-electron chi connectivity index (χ4n) is 5.28. The number of nitrogens with one attached hydrogen (secondary N) is 1. The third kappa shape index (κ3) is 3.64. The van der Waals surface area contributed by atoms with Crippen LogP contribution in [0.4, 0.5) is 4.39 Å². The van der Waals surface area contributed by atoms with E-state index in [0.717, 1.165) is 0 Å². The number of hydrogen-bond acceptors (Lipinski definition) is 6. The average Bonchev–Trinajstić information content (AvgIpc) is 3.24. The molecule has 0 aliphatic carbocycles. The maximum atomic E-state index is 15.7. The van der Waals surface area contributed by atoms with Crippen LogP contribution in [0, 0.1) is 35.9 Å². The van der Waals surface area contributed by atoms with Crippen LogP contribution in [0.15, 0.2) is 30.6 Å². The van der Waals surface area contributed by atoms with Gasteiger partial charge in [0.1, 0.15) is 29.2 Å². The third-order valence-electron chi connectivity index (χ3n) is 7.01. The van der Waals surface area contributed by atoms with E-state index in [9.17, 15) is 20.3 Å². The summed E-state index contributed by atoms with van der Waals surface area (Å²) >= 11 is 0. The molecule has 0 spiro atoms. The summed E-state index contributed by atoms with van der Waals surface area (Å²) in [4.78, 5) is 21.2. The predicted molar refractivity (Wildman–Crippen MR) is 125 cm³/mol. The molecule has 1 aliphatic heterocycles. The number of pyridine rings is 1. The van der Waals surface area contributed by atoms with E-state index in [1.807, 2.05) is 0 Å². The number of nitriles is 1. The number of hydrogen-bond donors (Lipinski definition) is 4. The monoisotopic (exact) mass is 465 g/mol. The van der Waals surface area contributed by atoms with Crippen molar-refractivity contribution < 1.29 is 19.4 Å². The molecule has 5 N–H and O–H groups in total. The van der Waals surface area contributed by atoms with E-state index in [2.05, 4.69) is 16.0 Å². The summed E-state index contributed by atoms with van der Waals surface area (Å²) in [7, 11) is 0. The van der Waals surface area contributed by atoms with Crippen molar-refractivity contribution in [3.05, 3.63) is 53.1 Å². The van der Waals surface area contributed by atoms with E-state index in [4.69, 9.17) is 5.73 Å². The predicted octanol–water partition coefficient (Wildman–Crippen LogP) is 2.17. The van der Waals surface area contributed by atoms with Gasteiger partial charge in [0, 0.05) is 48.3 Å². The van der Waals surface area contributed by atoms with Crippen molar-refractivity contribution in [2.75, 3.05) is 19.7 Å². The number of aromatic amines is 1. The molecule has 1 aromatic carbocycles. The number of carbonyl (C=O) groups is 1. The molecule has 1 aliphatic rings. The number of aliphatic hydroxyl groups excluding tert-OH is 1. The van der Waals surface area contributed by atoms with Crippen molar-refractivity contribution in [2.24, 2.45) is 17.6 Å². The lowest BCUT2D eigenvalue weighted by Crippen LogP contribution is -2.59. The molecule has 1 fully saturated rings. The molecule has 0 saturated carbocycles. The molecule has 3 heterocycles. The normalized spacial score (nSPS) is 23.6. The number of benzene rings is 1. The molecule has 1 unspecified atom stereocenters. The van der Waals surface area contributed by atoms with Gasteiger partial charge in [-0.05, 0) is 35.7 Å². The Bertz CT molecular complexity index is 1260. The minimum Gasteiger partial charge on any atom is -0.394 e. The minimum atomic E-state index is -1.51. The number of H-pyrrole nitrogens is 1. The second-order valence-electron chi connectivity index (χ2n) is 9.21. The summed E-state index contributed by atoms with van der Waals surface area (Å²) in [5.74, 6) is -1.90. The van der Waals surface area contributed by atoms with Crippen molar-refractivity contribution in [3.63, 3.8) is 0 Å². The zero-order valence-corrected chi connectivity index (χ0v) is 19.3. The van der Waals surface area contributed by atoms with Gasteiger partial charge in [0.2, 0.25) is 5.91 Å². The standard InChI is InChI=1S/C25H28FN5O3/c1-13-6-16(18-4-5-29-23-21(18)17(8-27)9-30-23)7-19(26)22(13)25(34)14(2)10-31(11-15(25)3)24(33)20(28)12-32/h4-7,9,14-15,20,32,34H,10-12,28H2,1-3H3,(H,29,30)/t14-,15+,20-,25?/m0/s1. The highest BCUT2D eigenvalue weighted by Gasteiger charge is 2.49. The summed E-state index contributed by atoms with van der Waals surface area (Å²) in [5.41, 5.74) is 7.17. The molecule has 3 aromatic rings. The lowest BCUT2D eigenvalue weighted by atomic mass is 9.69. The Labute approximate surface area is 196 Å². The topological polar surface area (TPSA) is 139 Å². The van der Waals surface area contributed by atoms with E-state index in [-0.39, 0.29) is 18.7 Å². The van der Waals surface area contributed by atoms with Gasteiger partial charge in [-0.15, -0.1) is 0 Å². The number of halogens is 1. The summed E-state index contributed by atoms with van der Waals surface area (Å²) in [5, 5.41) is 31.1. The SMILES string of the molecule is Cc1cc(-c2ccnc3[nH]cc(C#N)c23)cc(F)c1C1(O)[C@H](C)CN(C(=O)[C@@H](N)CO)C[C@@H]1C. The lowest BCUT2D eigenvalue weighted by molar-refractivity contribution is -0.151. The minimum absolute atomic E-state index is 0.188. The van der Waals surface area contributed by atoms with Crippen molar-refractivity contribution >= 4 is 16.9 Å². The number of nitrogens with zero attached hydrogens (tertiary/aromatic N) is 3. The van der Waals surface area contributed by atoms with Gasteiger partial charge in [0.25, 0.3) is 0 Å². The summed E-state index contributed by atoms with van der Waals surface area (Å²) < 4.78 is 15.7. The number of rotatable bonds is 4. The van der Waals surface area contributed by atoms with E-state index >= 15 is 4.39 Å². The van der Waals surface area contributed by atoms with Crippen LogP contribution in [0.25, 0.3) is 22.2 Å². The molecule has 1 saturated heterocycles. The van der Waals surface area contributed by atoms with Crippen LogP contribution < -0.4 is 5.73 Å². The van der Waals surface area contributed by atoms with E-state index in [1.165, 1.54) is 11.0 Å². The molecule has 178 valence electrons. The molecule has 34 heavy (non-hydrogen) atoms. The highest BCUT2D eigenvalue weighted by Crippen LogP contribution is 2.45. The highest BCUT2D eigenvalue weighted by molar-refractivity contribution is 5.97. The van der Waals surface area contributed by atoms with Gasteiger partial charge in [-0.3, -0.25) is 4.79 Å². The quantitative estimate of drug-likeness (QED) is 0.466. The molecule has 0 bridgehead atoms. The molecule has 1 amide bonds. The van der Waals surface area contributed by atoms with Gasteiger partial charge >= 0.3 is 0 Å². The number of likely N-dealkylation sites (tertiary alicyclic amines) is 1. The van der Waals surface area contributed by atoms with Crippen molar-refractivity contribution in [1.82, 2.24) is 14.9 Å². The number of nitrogens with two attached hydrogens (primary N) is 1. The van der Waals surface area contributed by atoms with Gasteiger partial charge in [-0.1, -0.05) is 19.9 Å². The first-order valence-corrected chi connectivity index (χ1v) is 11.2. The average molecular weight is 466 g/mol. The molecular weight excluding hydrogens is 437 g/mol. The number of aryl methyl sites for hydroxylation is 1. The van der Waals surface area contributed by atoms with Crippen LogP contribution in [0.2, 0.25) is 0 Å². The number of aromatic nitrogens is 2. The molecule has 4 rings (SSSR count). The van der Waals surface area contributed by atoms with Gasteiger partial charge in [-0.2, -0.15) is 5.26 Å². The number of amides is 1. The lowest BCUT2D eigenvalue weighted by Gasteiger charge is -2.49. The van der Waals surface area contributed by atoms with E-state index in [0.29, 0.717) is 33.3 Å². The fraction of sp³-hybridized carbons (Fsp3) is 0.400. The molecule has 8 nitrogen and oxygen atoms in total. The van der Waals surface area contributed by atoms with Crippen LogP contribution in [0.5, 0.6) is 0 Å². The highest BCUT2D eigenvalue weighted by atomic mass is 19.1. The largest absolute Gasteiger partial charge is 0.394 e. The number of fused-ring (bicyclic) bond motifs is 1. The number of carbonyl (C=O) groups excluding carboxylic acids is 1. The van der Waals surface area contributed by atoms with Crippen LogP contribution in [0.1, 0.15) is 30.5 Å². The second kappa shape index (κ2) is 8.80. The molecule has 0 radical (unpaired) electrons. The zero-order chi connectivity index (χ0) is 24.8. The summed E-state index contributed by atoms with van der Waals surface area (Å²) in [6.45, 7) is 5.21. The summed E-state index contributed by atoms with van der Waals surface area (Å²) in [6, 6.07) is 6.03.